The lowest BCUT2D eigenvalue weighted by Gasteiger charge is -2.35. The minimum absolute atomic E-state index is 0.0842. The minimum atomic E-state index is -5.40. The van der Waals surface area contributed by atoms with E-state index in [4.69, 9.17) is 11.6 Å². The fourth-order valence-electron chi connectivity index (χ4n) is 3.39. The van der Waals surface area contributed by atoms with E-state index >= 15 is 0 Å². The number of hydrogen-bond acceptors (Lipinski definition) is 8. The number of anilines is 2. The Kier molecular flexibility index (Phi) is 8.70. The number of ether oxygens (including phenoxy) is 1. The maximum Gasteiger partial charge on any atom is 0.441 e. The Morgan fingerprint density at radius 2 is 1.62 bits per heavy atom. The van der Waals surface area contributed by atoms with Gasteiger partial charge in [-0.1, -0.05) is 17.7 Å². The van der Waals surface area contributed by atoms with Crippen molar-refractivity contribution in [2.24, 2.45) is 0 Å². The molecule has 3 rings (SSSR count). The molecular weight excluding hydrogens is 563 g/mol. The van der Waals surface area contributed by atoms with Crippen LogP contribution in [0.1, 0.15) is 28.7 Å². The number of halogens is 4. The third-order valence-electron chi connectivity index (χ3n) is 5.10. The first-order valence-electron chi connectivity index (χ1n) is 11.2. The molecular formula is C24H23ClF3N5O5S. The Morgan fingerprint density at radius 1 is 1.00 bits per heavy atom. The van der Waals surface area contributed by atoms with Crippen LogP contribution in [0.25, 0.3) is 0 Å². The number of hydrogen-bond donors (Lipinski definition) is 3. The fraction of sp³-hybridized carbons (Fsp3) is 0.250. The number of nitrogens with one attached hydrogen (secondary N) is 3. The molecule has 0 fully saturated rings. The van der Waals surface area contributed by atoms with E-state index in [1.807, 2.05) is 5.32 Å². The van der Waals surface area contributed by atoms with Gasteiger partial charge in [0.25, 0.3) is 15.9 Å². The third kappa shape index (κ3) is 6.95. The number of carbonyl (C=O) groups excluding carboxylic acids is 2. The molecule has 0 spiro atoms. The summed E-state index contributed by atoms with van der Waals surface area (Å²) in [6, 6.07) is 10.7. The highest BCUT2D eigenvalue weighted by molar-refractivity contribution is 7.92. The van der Waals surface area contributed by atoms with Crippen LogP contribution in [-0.2, 0) is 19.6 Å². The molecule has 10 nitrogen and oxygen atoms in total. The SMILES string of the molecule is CCOC(=O)C(NC(=O)c1cccc(Cl)c1)(Nc1ccc(S(=O)(=O)Nc2nc(C)cc(C)n2)cc1)C(F)(F)F. The Labute approximate surface area is 227 Å². The molecule has 39 heavy (non-hydrogen) atoms. The molecule has 0 saturated carbocycles. The van der Waals surface area contributed by atoms with Gasteiger partial charge >= 0.3 is 17.8 Å². The first-order chi connectivity index (χ1) is 18.2. The van der Waals surface area contributed by atoms with Crippen LogP contribution in [0.5, 0.6) is 0 Å². The predicted molar refractivity (Wildman–Crippen MR) is 137 cm³/mol. The zero-order valence-electron chi connectivity index (χ0n) is 20.8. The van der Waals surface area contributed by atoms with Gasteiger partial charge in [-0.25, -0.2) is 27.9 Å². The summed E-state index contributed by atoms with van der Waals surface area (Å²) in [5.74, 6) is -3.29. The molecule has 208 valence electrons. The zero-order chi connectivity index (χ0) is 29.0. The number of aromatic nitrogens is 2. The molecule has 1 aromatic heterocycles. The first kappa shape index (κ1) is 29.6. The third-order valence-corrected chi connectivity index (χ3v) is 6.68. The molecule has 0 radical (unpaired) electrons. The van der Waals surface area contributed by atoms with E-state index in [0.717, 1.165) is 30.3 Å². The van der Waals surface area contributed by atoms with Crippen molar-refractivity contribution < 1.29 is 35.9 Å². The van der Waals surface area contributed by atoms with Crippen LogP contribution >= 0.6 is 11.6 Å². The predicted octanol–water partition coefficient (Wildman–Crippen LogP) is 4.21. The van der Waals surface area contributed by atoms with E-state index in [2.05, 4.69) is 19.4 Å². The Balaban J connectivity index is 1.95. The second kappa shape index (κ2) is 11.5. The van der Waals surface area contributed by atoms with Crippen LogP contribution < -0.4 is 15.4 Å². The summed E-state index contributed by atoms with van der Waals surface area (Å²) < 4.78 is 75.7. The fourth-order valence-corrected chi connectivity index (χ4v) is 4.52. The number of rotatable bonds is 9. The van der Waals surface area contributed by atoms with Crippen LogP contribution in [0.4, 0.5) is 24.8 Å². The lowest BCUT2D eigenvalue weighted by atomic mass is 10.1. The first-order valence-corrected chi connectivity index (χ1v) is 13.1. The smallest absolute Gasteiger partial charge is 0.441 e. The molecule has 0 aliphatic heterocycles. The molecule has 3 N–H and O–H groups in total. The number of amides is 1. The van der Waals surface area contributed by atoms with Gasteiger partial charge in [-0.2, -0.15) is 13.2 Å². The summed E-state index contributed by atoms with van der Waals surface area (Å²) in [5.41, 5.74) is -3.30. The molecule has 1 amide bonds. The van der Waals surface area contributed by atoms with Crippen molar-refractivity contribution in [1.82, 2.24) is 15.3 Å². The van der Waals surface area contributed by atoms with Crippen molar-refractivity contribution in [2.45, 2.75) is 37.5 Å². The summed E-state index contributed by atoms with van der Waals surface area (Å²) in [6.07, 6.45) is -5.40. The number of esters is 1. The van der Waals surface area contributed by atoms with E-state index in [-0.39, 0.29) is 27.1 Å². The van der Waals surface area contributed by atoms with Gasteiger partial charge in [0.1, 0.15) is 0 Å². The van der Waals surface area contributed by atoms with Crippen LogP contribution in [0, 0.1) is 13.8 Å². The topological polar surface area (TPSA) is 139 Å². The number of aryl methyl sites for hydroxylation is 2. The highest BCUT2D eigenvalue weighted by atomic mass is 35.5. The van der Waals surface area contributed by atoms with Crippen molar-refractivity contribution in [2.75, 3.05) is 16.6 Å². The average molecular weight is 586 g/mol. The maximum atomic E-state index is 14.4. The lowest BCUT2D eigenvalue weighted by molar-refractivity contribution is -0.204. The normalized spacial score (nSPS) is 13.2. The molecule has 0 bridgehead atoms. The van der Waals surface area contributed by atoms with Crippen LogP contribution in [-0.4, -0.2) is 48.7 Å². The van der Waals surface area contributed by atoms with Gasteiger partial charge in [0.2, 0.25) is 5.95 Å². The molecule has 0 aliphatic rings. The summed E-state index contributed by atoms with van der Waals surface area (Å²) >= 11 is 5.84. The summed E-state index contributed by atoms with van der Waals surface area (Å²) in [7, 11) is -4.22. The molecule has 3 aromatic rings. The van der Waals surface area contributed by atoms with Crippen molar-refractivity contribution >= 4 is 45.1 Å². The zero-order valence-corrected chi connectivity index (χ0v) is 22.3. The van der Waals surface area contributed by atoms with Crippen molar-refractivity contribution in [3.63, 3.8) is 0 Å². The maximum absolute atomic E-state index is 14.4. The quantitative estimate of drug-likeness (QED) is 0.251. The van der Waals surface area contributed by atoms with E-state index in [1.54, 1.807) is 25.2 Å². The minimum Gasteiger partial charge on any atom is -0.463 e. The van der Waals surface area contributed by atoms with E-state index in [1.165, 1.54) is 25.1 Å². The Bertz CT molecular complexity index is 1470. The van der Waals surface area contributed by atoms with Crippen LogP contribution in [0.15, 0.2) is 59.5 Å². The monoisotopic (exact) mass is 585 g/mol. The Morgan fingerprint density at radius 3 is 2.15 bits per heavy atom. The molecule has 0 aliphatic carbocycles. The van der Waals surface area contributed by atoms with Gasteiger partial charge in [-0.15, -0.1) is 0 Å². The molecule has 1 unspecified atom stereocenters. The van der Waals surface area contributed by atoms with Gasteiger partial charge in [0, 0.05) is 27.7 Å². The second-order valence-electron chi connectivity index (χ2n) is 8.16. The summed E-state index contributed by atoms with van der Waals surface area (Å²) in [5, 5.41) is 3.74. The van der Waals surface area contributed by atoms with Gasteiger partial charge in [0.05, 0.1) is 11.5 Å². The highest BCUT2D eigenvalue weighted by Gasteiger charge is 2.63. The van der Waals surface area contributed by atoms with Gasteiger partial charge in [0.15, 0.2) is 0 Å². The van der Waals surface area contributed by atoms with E-state index < -0.39 is 40.3 Å². The lowest BCUT2D eigenvalue weighted by Crippen LogP contribution is -2.69. The van der Waals surface area contributed by atoms with Gasteiger partial charge in [-0.05, 0) is 69.3 Å². The largest absolute Gasteiger partial charge is 0.463 e. The number of carbonyl (C=O) groups is 2. The van der Waals surface area contributed by atoms with Gasteiger partial charge < -0.3 is 15.4 Å². The van der Waals surface area contributed by atoms with E-state index in [0.29, 0.717) is 11.4 Å². The summed E-state index contributed by atoms with van der Waals surface area (Å²) in [6.45, 7) is 4.17. The van der Waals surface area contributed by atoms with Crippen LogP contribution in [0.2, 0.25) is 5.02 Å². The average Bonchev–Trinajstić information content (AvgIpc) is 2.82. The molecule has 1 atom stereocenters. The van der Waals surface area contributed by atoms with Crippen LogP contribution in [0.3, 0.4) is 0 Å². The van der Waals surface area contributed by atoms with E-state index in [9.17, 15) is 31.2 Å². The second-order valence-corrected chi connectivity index (χ2v) is 10.3. The standard InChI is InChI=1S/C24H23ClF3N5O5S/c1-4-38-21(35)23(24(26,27)28,32-20(34)16-6-5-7-17(25)13-16)31-18-8-10-19(11-9-18)39(36,37)33-22-29-14(2)12-15(3)30-22/h5-13,31H,4H2,1-3H3,(H,32,34)(H,29,30,33). The number of benzene rings is 2. The molecule has 0 saturated heterocycles. The Hall–Kier alpha value is -3.91. The molecule has 1 heterocycles. The van der Waals surface area contributed by atoms with Gasteiger partial charge in [-0.3, -0.25) is 4.79 Å². The van der Waals surface area contributed by atoms with Crippen molar-refractivity contribution in [3.8, 4) is 0 Å². The highest BCUT2D eigenvalue weighted by Crippen LogP contribution is 2.34. The number of nitrogens with zero attached hydrogens (tertiary/aromatic N) is 2. The van der Waals surface area contributed by atoms with Crippen molar-refractivity contribution in [1.29, 1.82) is 0 Å². The number of alkyl halides is 3. The molecule has 2 aromatic carbocycles. The molecule has 15 heteroatoms. The summed E-state index contributed by atoms with van der Waals surface area (Å²) in [4.78, 5) is 33.1. The van der Waals surface area contributed by atoms with Crippen molar-refractivity contribution in [3.05, 3.63) is 76.6 Å². The number of sulfonamides is 1.